The quantitative estimate of drug-likeness (QED) is 0.656. The summed E-state index contributed by atoms with van der Waals surface area (Å²) in [7, 11) is 4.87. The molecule has 3 aromatic rings. The Kier molecular flexibility index (Phi) is 5.04. The minimum absolute atomic E-state index is 0.0392. The molecule has 1 atom stereocenters. The zero-order chi connectivity index (χ0) is 20.7. The molecule has 1 aliphatic heterocycles. The van der Waals surface area contributed by atoms with Gasteiger partial charge in [-0.25, -0.2) is 4.98 Å². The first-order valence-electron chi connectivity index (χ1n) is 9.44. The van der Waals surface area contributed by atoms with Crippen molar-refractivity contribution in [3.05, 3.63) is 50.9 Å². The van der Waals surface area contributed by atoms with Crippen molar-refractivity contribution in [3.63, 3.8) is 0 Å². The molecule has 1 unspecified atom stereocenters. The van der Waals surface area contributed by atoms with Crippen molar-refractivity contribution >= 4 is 27.5 Å². The van der Waals surface area contributed by atoms with Gasteiger partial charge in [-0.2, -0.15) is 0 Å². The third kappa shape index (κ3) is 3.17. The number of methoxy groups -OCH3 is 2. The molecule has 29 heavy (non-hydrogen) atoms. The van der Waals surface area contributed by atoms with Crippen LogP contribution < -0.4 is 15.0 Å². The summed E-state index contributed by atoms with van der Waals surface area (Å²) >= 11 is 1.29. The molecule has 0 N–H and O–H groups in total. The molecule has 3 heterocycles. The van der Waals surface area contributed by atoms with Gasteiger partial charge in [0.25, 0.3) is 11.5 Å². The second-order valence-corrected chi connectivity index (χ2v) is 8.17. The molecule has 0 saturated carbocycles. The Morgan fingerprint density at radius 2 is 2.00 bits per heavy atom. The summed E-state index contributed by atoms with van der Waals surface area (Å²) in [6.07, 6.45) is 3.30. The average molecular weight is 413 g/mol. The van der Waals surface area contributed by atoms with E-state index < -0.39 is 0 Å². The third-order valence-corrected chi connectivity index (χ3v) is 6.70. The number of hydrogen-bond donors (Lipinski definition) is 0. The molecule has 7 nitrogen and oxygen atoms in total. The van der Waals surface area contributed by atoms with Gasteiger partial charge in [-0.1, -0.05) is 6.07 Å². The first kappa shape index (κ1) is 19.4. The van der Waals surface area contributed by atoms with Gasteiger partial charge < -0.3 is 18.9 Å². The zero-order valence-electron chi connectivity index (χ0n) is 16.9. The van der Waals surface area contributed by atoms with E-state index in [0.717, 1.165) is 18.4 Å². The van der Waals surface area contributed by atoms with Crippen molar-refractivity contribution in [2.45, 2.75) is 25.8 Å². The predicted molar refractivity (Wildman–Crippen MR) is 112 cm³/mol. The van der Waals surface area contributed by atoms with Crippen LogP contribution in [-0.2, 0) is 7.05 Å². The summed E-state index contributed by atoms with van der Waals surface area (Å²) in [5.74, 6) is 1.26. The number of aromatic nitrogens is 2. The van der Waals surface area contributed by atoms with Gasteiger partial charge in [-0.15, -0.1) is 11.3 Å². The number of thiophene rings is 1. The number of carbonyl (C=O) groups is 1. The number of rotatable bonds is 4. The summed E-state index contributed by atoms with van der Waals surface area (Å²) in [5.41, 5.74) is 1.60. The smallest absolute Gasteiger partial charge is 0.264 e. The topological polar surface area (TPSA) is 73.7 Å². The number of hydrogen-bond acceptors (Lipinski definition) is 6. The summed E-state index contributed by atoms with van der Waals surface area (Å²) < 4.78 is 12.2. The Morgan fingerprint density at radius 3 is 2.72 bits per heavy atom. The van der Waals surface area contributed by atoms with E-state index in [-0.39, 0.29) is 17.5 Å². The fraction of sp³-hybridized carbons (Fsp3) is 0.381. The molecule has 1 saturated heterocycles. The van der Waals surface area contributed by atoms with Crippen LogP contribution in [0, 0.1) is 6.92 Å². The van der Waals surface area contributed by atoms with Crippen molar-refractivity contribution in [2.24, 2.45) is 7.05 Å². The lowest BCUT2D eigenvalue weighted by Crippen LogP contribution is -2.30. The van der Waals surface area contributed by atoms with Crippen molar-refractivity contribution in [1.82, 2.24) is 14.5 Å². The van der Waals surface area contributed by atoms with E-state index in [2.05, 4.69) is 4.98 Å². The summed E-state index contributed by atoms with van der Waals surface area (Å²) in [5, 5.41) is 0.533. The zero-order valence-corrected chi connectivity index (χ0v) is 17.7. The van der Waals surface area contributed by atoms with Crippen molar-refractivity contribution in [1.29, 1.82) is 0 Å². The molecule has 1 aromatic carbocycles. The van der Waals surface area contributed by atoms with Gasteiger partial charge in [0.1, 0.15) is 4.83 Å². The largest absolute Gasteiger partial charge is 0.493 e. The van der Waals surface area contributed by atoms with Crippen LogP contribution in [0.1, 0.15) is 39.7 Å². The molecule has 0 radical (unpaired) electrons. The van der Waals surface area contributed by atoms with Gasteiger partial charge in [-0.05, 0) is 43.0 Å². The maximum Gasteiger partial charge on any atom is 0.264 e. The maximum atomic E-state index is 13.4. The lowest BCUT2D eigenvalue weighted by Gasteiger charge is -2.25. The second kappa shape index (κ2) is 7.51. The van der Waals surface area contributed by atoms with E-state index in [4.69, 9.17) is 9.47 Å². The SMILES string of the molecule is COc1ccc(C2CCCN2C(=O)c2sc3ncn(C)c(=O)c3c2C)cc1OC. The number of fused-ring (bicyclic) bond motifs is 1. The molecule has 0 bridgehead atoms. The summed E-state index contributed by atoms with van der Waals surface area (Å²) in [6, 6.07) is 5.74. The Bertz CT molecular complexity index is 1150. The van der Waals surface area contributed by atoms with Gasteiger partial charge in [-0.3, -0.25) is 9.59 Å². The maximum absolute atomic E-state index is 13.4. The molecule has 2 aromatic heterocycles. The number of likely N-dealkylation sites (tertiary alicyclic amines) is 1. The molecule has 152 valence electrons. The number of ether oxygens (including phenoxy) is 2. The molecule has 0 aliphatic carbocycles. The van der Waals surface area contributed by atoms with E-state index in [1.165, 1.54) is 22.2 Å². The number of carbonyl (C=O) groups excluding carboxylic acids is 1. The van der Waals surface area contributed by atoms with Gasteiger partial charge in [0.15, 0.2) is 11.5 Å². The second-order valence-electron chi connectivity index (χ2n) is 7.17. The highest BCUT2D eigenvalue weighted by Crippen LogP contribution is 2.39. The number of benzene rings is 1. The lowest BCUT2D eigenvalue weighted by molar-refractivity contribution is 0.0740. The normalized spacial score (nSPS) is 16.4. The molecule has 1 fully saturated rings. The highest BCUT2D eigenvalue weighted by molar-refractivity contribution is 7.20. The monoisotopic (exact) mass is 413 g/mol. The van der Waals surface area contributed by atoms with Crippen LogP contribution in [0.2, 0.25) is 0 Å². The van der Waals surface area contributed by atoms with Crippen molar-refractivity contribution in [2.75, 3.05) is 20.8 Å². The molecule has 0 spiro atoms. The minimum atomic E-state index is -0.124. The average Bonchev–Trinajstić information content (AvgIpc) is 3.35. The molecule has 1 aliphatic rings. The Morgan fingerprint density at radius 1 is 1.24 bits per heavy atom. The van der Waals surface area contributed by atoms with Crippen LogP contribution in [0.25, 0.3) is 10.2 Å². The highest BCUT2D eigenvalue weighted by atomic mass is 32.1. The molecule has 1 amide bonds. The number of aryl methyl sites for hydroxylation is 2. The van der Waals surface area contributed by atoms with Crippen LogP contribution in [0.15, 0.2) is 29.3 Å². The van der Waals surface area contributed by atoms with Gasteiger partial charge >= 0.3 is 0 Å². The molecular weight excluding hydrogens is 390 g/mol. The van der Waals surface area contributed by atoms with Gasteiger partial charge in [0.05, 0.1) is 36.9 Å². The molecular formula is C21H23N3O4S. The summed E-state index contributed by atoms with van der Waals surface area (Å²) in [4.78, 5) is 33.4. The first-order chi connectivity index (χ1) is 14.0. The Labute approximate surface area is 172 Å². The molecule has 4 rings (SSSR count). The van der Waals surface area contributed by atoms with E-state index in [0.29, 0.717) is 38.7 Å². The van der Waals surface area contributed by atoms with Crippen molar-refractivity contribution < 1.29 is 14.3 Å². The van der Waals surface area contributed by atoms with E-state index >= 15 is 0 Å². The van der Waals surface area contributed by atoms with Crippen molar-refractivity contribution in [3.8, 4) is 11.5 Å². The van der Waals surface area contributed by atoms with Crippen LogP contribution >= 0.6 is 11.3 Å². The van der Waals surface area contributed by atoms with Gasteiger partial charge in [0, 0.05) is 13.6 Å². The fourth-order valence-electron chi connectivity index (χ4n) is 3.96. The lowest BCUT2D eigenvalue weighted by atomic mass is 10.0. The minimum Gasteiger partial charge on any atom is -0.493 e. The van der Waals surface area contributed by atoms with Crippen LogP contribution in [-0.4, -0.2) is 41.1 Å². The molecule has 8 heteroatoms. The van der Waals surface area contributed by atoms with E-state index in [1.807, 2.05) is 30.0 Å². The fourth-order valence-corrected chi connectivity index (χ4v) is 5.06. The van der Waals surface area contributed by atoms with E-state index in [1.54, 1.807) is 21.3 Å². The Balaban J connectivity index is 1.72. The van der Waals surface area contributed by atoms with Crippen LogP contribution in [0.5, 0.6) is 11.5 Å². The third-order valence-electron chi connectivity index (χ3n) is 5.51. The van der Waals surface area contributed by atoms with Gasteiger partial charge in [0.2, 0.25) is 0 Å². The predicted octanol–water partition coefficient (Wildman–Crippen LogP) is 3.30. The van der Waals surface area contributed by atoms with E-state index in [9.17, 15) is 9.59 Å². The van der Waals surface area contributed by atoms with Crippen LogP contribution in [0.3, 0.4) is 0 Å². The Hall–Kier alpha value is -2.87. The number of amides is 1. The van der Waals surface area contributed by atoms with Crippen LogP contribution in [0.4, 0.5) is 0 Å². The standard InChI is InChI=1S/C21H23N3O4S/c1-12-17-19(22-11-23(2)20(17)25)29-18(12)21(26)24-9-5-6-14(24)13-7-8-15(27-3)16(10-13)28-4/h7-8,10-11,14H,5-6,9H2,1-4H3. The number of nitrogens with zero attached hydrogens (tertiary/aromatic N) is 3. The summed E-state index contributed by atoms with van der Waals surface area (Å²) in [6.45, 7) is 2.51. The first-order valence-corrected chi connectivity index (χ1v) is 10.3. The highest BCUT2D eigenvalue weighted by Gasteiger charge is 2.33.